The number of likely N-dealkylation sites (tertiary alicyclic amines) is 2. The van der Waals surface area contributed by atoms with E-state index in [1.54, 1.807) is 7.11 Å². The summed E-state index contributed by atoms with van der Waals surface area (Å²) in [5.74, 6) is -1.37. The first-order valence-corrected chi connectivity index (χ1v) is 10.5. The van der Waals surface area contributed by atoms with Gasteiger partial charge in [-0.25, -0.2) is 4.79 Å². The van der Waals surface area contributed by atoms with Crippen LogP contribution in [0.5, 0.6) is 5.75 Å². The van der Waals surface area contributed by atoms with Gasteiger partial charge in [-0.05, 0) is 31.5 Å². The fourth-order valence-corrected chi connectivity index (χ4v) is 4.34. The number of benzene rings is 1. The second kappa shape index (κ2) is 11.0. The van der Waals surface area contributed by atoms with Crippen LogP contribution in [0.2, 0.25) is 0 Å². The van der Waals surface area contributed by atoms with Crippen LogP contribution in [0.25, 0.3) is 0 Å². The Morgan fingerprint density at radius 2 is 1.91 bits per heavy atom. The quantitative estimate of drug-likeness (QED) is 0.704. The summed E-state index contributed by atoms with van der Waals surface area (Å²) < 4.78 is 43.0. The number of para-hydroxylation sites is 1. The summed E-state index contributed by atoms with van der Waals surface area (Å²) in [4.78, 5) is 26.0. The summed E-state index contributed by atoms with van der Waals surface area (Å²) in [7, 11) is 1.77. The van der Waals surface area contributed by atoms with Crippen molar-refractivity contribution in [1.29, 1.82) is 0 Å². The van der Waals surface area contributed by atoms with Crippen molar-refractivity contribution < 1.29 is 37.3 Å². The lowest BCUT2D eigenvalue weighted by Crippen LogP contribution is -2.39. The van der Waals surface area contributed by atoms with Crippen LogP contribution in [0.1, 0.15) is 18.9 Å². The minimum Gasteiger partial charge on any atom is -0.484 e. The van der Waals surface area contributed by atoms with Crippen molar-refractivity contribution in [1.82, 2.24) is 9.80 Å². The minimum absolute atomic E-state index is 0.0891. The average molecular weight is 460 g/mol. The molecule has 0 aromatic heterocycles. The van der Waals surface area contributed by atoms with Crippen molar-refractivity contribution in [3.63, 3.8) is 0 Å². The van der Waals surface area contributed by atoms with Gasteiger partial charge in [-0.15, -0.1) is 0 Å². The fraction of sp³-hybridized carbons (Fsp3) is 0.636. The van der Waals surface area contributed by atoms with Gasteiger partial charge in [0.1, 0.15) is 5.75 Å². The van der Waals surface area contributed by atoms with Crippen LogP contribution in [-0.2, 0) is 14.3 Å². The molecule has 2 heterocycles. The maximum Gasteiger partial charge on any atom is 0.490 e. The first-order valence-electron chi connectivity index (χ1n) is 10.5. The Hall–Kier alpha value is -2.33. The predicted molar refractivity (Wildman–Crippen MR) is 111 cm³/mol. The lowest BCUT2D eigenvalue weighted by atomic mass is 9.78. The Morgan fingerprint density at radius 3 is 2.47 bits per heavy atom. The standard InChI is InChI=1S/C20H30N2O3.C2HF3O2/c1-4-21-11-17(12-24-3)20(14-21)9-10-22(15-20)19(23)13-25-18-8-6-5-7-16(18)2;3-2(4,5)1(6)7/h5-8,17H,4,9-15H2,1-3H3;(H,6,7)/t17-,20+;/m0./s1. The minimum atomic E-state index is -5.08. The molecule has 2 fully saturated rings. The van der Waals surface area contributed by atoms with Gasteiger partial charge < -0.3 is 24.4 Å². The first kappa shape index (κ1) is 25.9. The van der Waals surface area contributed by atoms with E-state index in [4.69, 9.17) is 19.4 Å². The number of aliphatic carboxylic acids is 1. The Morgan fingerprint density at radius 1 is 1.25 bits per heavy atom. The number of methoxy groups -OCH3 is 1. The molecule has 1 aromatic rings. The Labute approximate surface area is 186 Å². The van der Waals surface area contributed by atoms with Crippen molar-refractivity contribution in [3.8, 4) is 5.75 Å². The van der Waals surface area contributed by atoms with Gasteiger partial charge in [-0.3, -0.25) is 4.79 Å². The number of carbonyl (C=O) groups is 2. The lowest BCUT2D eigenvalue weighted by Gasteiger charge is -2.30. The van der Waals surface area contributed by atoms with Crippen LogP contribution in [0.4, 0.5) is 13.2 Å². The van der Waals surface area contributed by atoms with E-state index in [0.29, 0.717) is 5.92 Å². The van der Waals surface area contributed by atoms with Crippen LogP contribution >= 0.6 is 0 Å². The van der Waals surface area contributed by atoms with Gasteiger partial charge in [-0.2, -0.15) is 13.2 Å². The number of rotatable bonds is 6. The van der Waals surface area contributed by atoms with Gasteiger partial charge in [0, 0.05) is 44.6 Å². The molecule has 1 amide bonds. The lowest BCUT2D eigenvalue weighted by molar-refractivity contribution is -0.192. The highest BCUT2D eigenvalue weighted by Gasteiger charge is 2.50. The summed E-state index contributed by atoms with van der Waals surface area (Å²) in [6, 6.07) is 7.82. The summed E-state index contributed by atoms with van der Waals surface area (Å²) in [5, 5.41) is 7.12. The number of hydrogen-bond acceptors (Lipinski definition) is 5. The van der Waals surface area contributed by atoms with E-state index in [1.165, 1.54) is 0 Å². The molecule has 0 radical (unpaired) electrons. The zero-order valence-electron chi connectivity index (χ0n) is 18.7. The third-order valence-electron chi connectivity index (χ3n) is 6.12. The number of alkyl halides is 3. The second-order valence-corrected chi connectivity index (χ2v) is 8.26. The molecule has 0 bridgehead atoms. The van der Waals surface area contributed by atoms with E-state index in [-0.39, 0.29) is 17.9 Å². The number of nitrogens with zero attached hydrogens (tertiary/aromatic N) is 2. The second-order valence-electron chi connectivity index (χ2n) is 8.26. The smallest absolute Gasteiger partial charge is 0.484 e. The van der Waals surface area contributed by atoms with Crippen LogP contribution in [0.15, 0.2) is 24.3 Å². The molecule has 10 heteroatoms. The molecular weight excluding hydrogens is 429 g/mol. The SMILES string of the molecule is CCN1C[C@@H](COC)[C@]2(CCN(C(=O)COc3ccccc3C)C2)C1.O=C(O)C(F)(F)F. The molecule has 2 saturated heterocycles. The van der Waals surface area contributed by atoms with E-state index < -0.39 is 12.1 Å². The molecule has 3 rings (SSSR count). The summed E-state index contributed by atoms with van der Waals surface area (Å²) in [6.45, 7) is 9.96. The van der Waals surface area contributed by atoms with E-state index >= 15 is 0 Å². The third-order valence-corrected chi connectivity index (χ3v) is 6.12. The molecule has 7 nitrogen and oxygen atoms in total. The Kier molecular flexibility index (Phi) is 8.91. The van der Waals surface area contributed by atoms with Gasteiger partial charge in [0.15, 0.2) is 6.61 Å². The van der Waals surface area contributed by atoms with E-state index in [0.717, 1.165) is 57.1 Å². The molecule has 2 atom stereocenters. The van der Waals surface area contributed by atoms with Gasteiger partial charge >= 0.3 is 12.1 Å². The molecule has 0 unspecified atom stereocenters. The van der Waals surface area contributed by atoms with Gasteiger partial charge in [0.05, 0.1) is 6.61 Å². The van der Waals surface area contributed by atoms with Gasteiger partial charge in [0.25, 0.3) is 5.91 Å². The molecule has 0 aliphatic carbocycles. The molecule has 2 aliphatic heterocycles. The molecule has 2 aliphatic rings. The summed E-state index contributed by atoms with van der Waals surface area (Å²) in [6.07, 6.45) is -4.02. The monoisotopic (exact) mass is 460 g/mol. The van der Waals surface area contributed by atoms with Crippen LogP contribution < -0.4 is 4.74 Å². The highest BCUT2D eigenvalue weighted by Crippen LogP contribution is 2.43. The fourth-order valence-electron chi connectivity index (χ4n) is 4.34. The topological polar surface area (TPSA) is 79.3 Å². The zero-order valence-corrected chi connectivity index (χ0v) is 18.7. The maximum atomic E-state index is 12.6. The Balaban J connectivity index is 0.000000451. The number of hydrogen-bond donors (Lipinski definition) is 1. The Bertz CT molecular complexity index is 789. The number of aryl methyl sites for hydroxylation is 1. The number of carboxylic acids is 1. The average Bonchev–Trinajstić information content (AvgIpc) is 3.31. The van der Waals surface area contributed by atoms with Crippen molar-refractivity contribution in [2.75, 3.05) is 53.0 Å². The molecule has 1 spiro atoms. The third kappa shape index (κ3) is 6.59. The largest absolute Gasteiger partial charge is 0.490 e. The molecule has 1 aromatic carbocycles. The summed E-state index contributed by atoms with van der Waals surface area (Å²) in [5.41, 5.74) is 1.24. The van der Waals surface area contributed by atoms with Gasteiger partial charge in [0.2, 0.25) is 0 Å². The van der Waals surface area contributed by atoms with E-state index in [9.17, 15) is 18.0 Å². The number of halogens is 3. The van der Waals surface area contributed by atoms with Crippen molar-refractivity contribution in [2.24, 2.45) is 11.3 Å². The molecule has 32 heavy (non-hydrogen) atoms. The van der Waals surface area contributed by atoms with Gasteiger partial charge in [-0.1, -0.05) is 25.1 Å². The predicted octanol–water partition coefficient (Wildman–Crippen LogP) is 2.82. The van der Waals surface area contributed by atoms with Crippen LogP contribution in [0, 0.1) is 18.3 Å². The van der Waals surface area contributed by atoms with E-state index in [1.807, 2.05) is 36.1 Å². The van der Waals surface area contributed by atoms with Crippen LogP contribution in [0.3, 0.4) is 0 Å². The summed E-state index contributed by atoms with van der Waals surface area (Å²) >= 11 is 0. The molecule has 1 N–H and O–H groups in total. The van der Waals surface area contributed by atoms with Crippen molar-refractivity contribution in [3.05, 3.63) is 29.8 Å². The normalized spacial score (nSPS) is 23.2. The molecule has 0 saturated carbocycles. The number of carboxylic acid groups (broad SMARTS) is 1. The zero-order chi connectivity index (χ0) is 23.9. The maximum absolute atomic E-state index is 12.6. The molecular formula is C22H31F3N2O5. The highest BCUT2D eigenvalue weighted by molar-refractivity contribution is 5.78. The molecule has 180 valence electrons. The number of amides is 1. The number of ether oxygens (including phenoxy) is 2. The van der Waals surface area contributed by atoms with Crippen molar-refractivity contribution >= 4 is 11.9 Å². The van der Waals surface area contributed by atoms with Crippen molar-refractivity contribution in [2.45, 2.75) is 26.4 Å². The van der Waals surface area contributed by atoms with Crippen LogP contribution in [-0.4, -0.2) is 86.0 Å². The first-order chi connectivity index (χ1) is 15.0. The highest BCUT2D eigenvalue weighted by atomic mass is 19.4. The van der Waals surface area contributed by atoms with E-state index in [2.05, 4.69) is 11.8 Å². The number of carbonyl (C=O) groups excluding carboxylic acids is 1.